The van der Waals surface area contributed by atoms with Crippen molar-refractivity contribution >= 4 is 28.1 Å². The van der Waals surface area contributed by atoms with Gasteiger partial charge in [-0.05, 0) is 25.1 Å². The lowest BCUT2D eigenvalue weighted by molar-refractivity contribution is -0.120. The Kier molecular flexibility index (Phi) is 5.40. The summed E-state index contributed by atoms with van der Waals surface area (Å²) < 4.78 is 10.7. The number of fused-ring (bicyclic) bond motifs is 1. The maximum Gasteiger partial charge on any atom is 0.239 e. The van der Waals surface area contributed by atoms with E-state index < -0.39 is 0 Å². The van der Waals surface area contributed by atoms with E-state index in [4.69, 9.17) is 15.2 Å². The molecule has 3 N–H and O–H groups in total. The van der Waals surface area contributed by atoms with Crippen molar-refractivity contribution in [2.45, 2.75) is 6.92 Å². The Bertz CT molecular complexity index is 762. The van der Waals surface area contributed by atoms with Gasteiger partial charge in [0.1, 0.15) is 12.4 Å². The molecule has 1 aromatic heterocycles. The Hall–Kier alpha value is -2.32. The van der Waals surface area contributed by atoms with Crippen LogP contribution in [0.4, 0.5) is 10.8 Å². The largest absolute Gasteiger partial charge is 0.490 e. The zero-order valence-corrected chi connectivity index (χ0v) is 15.2. The summed E-state index contributed by atoms with van der Waals surface area (Å²) in [5, 5.41) is 3.40. The number of nitrogens with two attached hydrogens (primary N) is 1. The zero-order valence-electron chi connectivity index (χ0n) is 14.4. The molecule has 2 aromatic rings. The molecular weight excluding hydrogens is 340 g/mol. The van der Waals surface area contributed by atoms with Gasteiger partial charge in [0.25, 0.3) is 0 Å². The number of ether oxygens (including phenoxy) is 2. The molecule has 1 aromatic carbocycles. The number of aromatic nitrogens is 1. The Morgan fingerprint density at radius 1 is 1.52 bits per heavy atom. The highest BCUT2D eigenvalue weighted by molar-refractivity contribution is 7.15. The van der Waals surface area contributed by atoms with E-state index in [1.54, 1.807) is 7.11 Å². The molecule has 0 fully saturated rings. The molecule has 8 heteroatoms. The molecule has 3 rings (SSSR count). The van der Waals surface area contributed by atoms with Gasteiger partial charge in [-0.2, -0.15) is 0 Å². The fourth-order valence-electron chi connectivity index (χ4n) is 2.79. The summed E-state index contributed by atoms with van der Waals surface area (Å²) in [6.07, 6.45) is 0. The standard InChI is InChI=1S/C17H22N4O3S/c1-11-16(20-17(18)25-11)12-3-4-14-13(9-12)21(6-8-24-14)10-15(22)19-5-7-23-2/h3-4,9H,5-8,10H2,1-2H3,(H2,18,20)(H,19,22). The van der Waals surface area contributed by atoms with Crippen molar-refractivity contribution in [2.75, 3.05) is 50.6 Å². The molecule has 1 aliphatic heterocycles. The lowest BCUT2D eigenvalue weighted by atomic mass is 10.1. The third-order valence-electron chi connectivity index (χ3n) is 3.97. The second-order valence-electron chi connectivity index (χ2n) is 5.75. The normalized spacial score (nSPS) is 13.3. The summed E-state index contributed by atoms with van der Waals surface area (Å²) in [6, 6.07) is 5.91. The molecule has 134 valence electrons. The van der Waals surface area contributed by atoms with Crippen LogP contribution in [0.1, 0.15) is 4.88 Å². The summed E-state index contributed by atoms with van der Waals surface area (Å²) in [6.45, 7) is 4.50. The number of aryl methyl sites for hydroxylation is 1. The molecule has 0 radical (unpaired) electrons. The van der Waals surface area contributed by atoms with Crippen molar-refractivity contribution in [3.8, 4) is 17.0 Å². The average molecular weight is 362 g/mol. The number of carbonyl (C=O) groups excluding carboxylic acids is 1. The minimum atomic E-state index is -0.0376. The Morgan fingerprint density at radius 2 is 2.36 bits per heavy atom. The van der Waals surface area contributed by atoms with Crippen molar-refractivity contribution in [2.24, 2.45) is 0 Å². The third-order valence-corrected chi connectivity index (χ3v) is 4.77. The summed E-state index contributed by atoms with van der Waals surface area (Å²) in [5.74, 6) is 0.741. The van der Waals surface area contributed by atoms with Crippen LogP contribution in [-0.2, 0) is 9.53 Å². The van der Waals surface area contributed by atoms with Crippen LogP contribution in [0.15, 0.2) is 18.2 Å². The SMILES string of the molecule is COCCNC(=O)CN1CCOc2ccc(-c3nc(N)sc3C)cc21. The maximum absolute atomic E-state index is 12.1. The van der Waals surface area contributed by atoms with Gasteiger partial charge in [0, 0.05) is 24.1 Å². The molecule has 1 aliphatic rings. The quantitative estimate of drug-likeness (QED) is 0.760. The van der Waals surface area contributed by atoms with Crippen LogP contribution in [0, 0.1) is 6.92 Å². The van der Waals surface area contributed by atoms with Crippen molar-refractivity contribution in [1.82, 2.24) is 10.3 Å². The van der Waals surface area contributed by atoms with Gasteiger partial charge in [-0.15, -0.1) is 11.3 Å². The first-order chi connectivity index (χ1) is 12.1. The van der Waals surface area contributed by atoms with Crippen LogP contribution in [0.5, 0.6) is 5.75 Å². The Balaban J connectivity index is 1.81. The first-order valence-electron chi connectivity index (χ1n) is 8.09. The number of methoxy groups -OCH3 is 1. The van der Waals surface area contributed by atoms with E-state index >= 15 is 0 Å². The van der Waals surface area contributed by atoms with E-state index in [-0.39, 0.29) is 12.5 Å². The number of carbonyl (C=O) groups is 1. The predicted molar refractivity (Wildman–Crippen MR) is 99.3 cm³/mol. The smallest absolute Gasteiger partial charge is 0.239 e. The molecule has 0 saturated carbocycles. The van der Waals surface area contributed by atoms with Crippen molar-refractivity contribution < 1.29 is 14.3 Å². The highest BCUT2D eigenvalue weighted by Crippen LogP contribution is 2.37. The summed E-state index contributed by atoms with van der Waals surface area (Å²) >= 11 is 1.47. The van der Waals surface area contributed by atoms with Crippen LogP contribution in [0.25, 0.3) is 11.3 Å². The molecule has 7 nitrogen and oxygen atoms in total. The van der Waals surface area contributed by atoms with Gasteiger partial charge in [-0.25, -0.2) is 4.98 Å². The number of hydrogen-bond donors (Lipinski definition) is 2. The van der Waals surface area contributed by atoms with Crippen molar-refractivity contribution in [3.63, 3.8) is 0 Å². The maximum atomic E-state index is 12.1. The molecule has 0 spiro atoms. The summed E-state index contributed by atoms with van der Waals surface area (Å²) in [4.78, 5) is 19.6. The molecule has 2 heterocycles. The lowest BCUT2D eigenvalue weighted by Gasteiger charge is -2.31. The van der Waals surface area contributed by atoms with Crippen LogP contribution in [0.2, 0.25) is 0 Å². The highest BCUT2D eigenvalue weighted by atomic mass is 32.1. The van der Waals surface area contributed by atoms with Gasteiger partial charge in [0.15, 0.2) is 5.13 Å². The van der Waals surface area contributed by atoms with E-state index in [9.17, 15) is 4.79 Å². The molecule has 0 atom stereocenters. The topological polar surface area (TPSA) is 89.7 Å². The van der Waals surface area contributed by atoms with Crippen molar-refractivity contribution in [3.05, 3.63) is 23.1 Å². The molecule has 0 aliphatic carbocycles. The molecule has 0 saturated heterocycles. The number of nitrogens with one attached hydrogen (secondary N) is 1. The number of anilines is 2. The second-order valence-corrected chi connectivity index (χ2v) is 6.99. The van der Waals surface area contributed by atoms with Gasteiger partial charge >= 0.3 is 0 Å². The van der Waals surface area contributed by atoms with E-state index in [1.807, 2.05) is 30.0 Å². The predicted octanol–water partition coefficient (Wildman–Crippen LogP) is 1.66. The highest BCUT2D eigenvalue weighted by Gasteiger charge is 2.22. The fourth-order valence-corrected chi connectivity index (χ4v) is 3.50. The van der Waals surface area contributed by atoms with Gasteiger partial charge in [0.05, 0.1) is 31.1 Å². The van der Waals surface area contributed by atoms with E-state index in [2.05, 4.69) is 10.3 Å². The van der Waals surface area contributed by atoms with Gasteiger partial charge < -0.3 is 25.4 Å². The first kappa shape index (κ1) is 17.5. The fraction of sp³-hybridized carbons (Fsp3) is 0.412. The molecule has 0 bridgehead atoms. The Morgan fingerprint density at radius 3 is 3.08 bits per heavy atom. The second kappa shape index (κ2) is 7.71. The molecular formula is C17H22N4O3S. The monoisotopic (exact) mass is 362 g/mol. The minimum absolute atomic E-state index is 0.0376. The van der Waals surface area contributed by atoms with E-state index in [0.717, 1.165) is 27.6 Å². The summed E-state index contributed by atoms with van der Waals surface area (Å²) in [7, 11) is 1.61. The third kappa shape index (κ3) is 4.02. The number of nitrogens with zero attached hydrogens (tertiary/aromatic N) is 2. The van der Waals surface area contributed by atoms with E-state index in [0.29, 0.717) is 31.4 Å². The van der Waals surface area contributed by atoms with Crippen LogP contribution < -0.4 is 20.7 Å². The van der Waals surface area contributed by atoms with Gasteiger partial charge in [0.2, 0.25) is 5.91 Å². The molecule has 0 unspecified atom stereocenters. The minimum Gasteiger partial charge on any atom is -0.490 e. The average Bonchev–Trinajstić information content (AvgIpc) is 2.93. The number of nitrogen functional groups attached to an aromatic ring is 1. The lowest BCUT2D eigenvalue weighted by Crippen LogP contribution is -2.42. The number of amides is 1. The van der Waals surface area contributed by atoms with E-state index in [1.165, 1.54) is 11.3 Å². The molecule has 25 heavy (non-hydrogen) atoms. The van der Waals surface area contributed by atoms with Crippen LogP contribution >= 0.6 is 11.3 Å². The molecule has 1 amide bonds. The van der Waals surface area contributed by atoms with Crippen LogP contribution in [-0.4, -0.2) is 50.8 Å². The van der Waals surface area contributed by atoms with Gasteiger partial charge in [-0.1, -0.05) is 0 Å². The van der Waals surface area contributed by atoms with Gasteiger partial charge in [-0.3, -0.25) is 4.79 Å². The number of thiazole rings is 1. The number of benzene rings is 1. The zero-order chi connectivity index (χ0) is 17.8. The number of hydrogen-bond acceptors (Lipinski definition) is 7. The van der Waals surface area contributed by atoms with Crippen molar-refractivity contribution in [1.29, 1.82) is 0 Å². The van der Waals surface area contributed by atoms with Crippen LogP contribution in [0.3, 0.4) is 0 Å². The Labute approximate surface area is 150 Å². The number of rotatable bonds is 6. The first-order valence-corrected chi connectivity index (χ1v) is 8.91. The summed E-state index contributed by atoms with van der Waals surface area (Å²) in [5.41, 5.74) is 8.56.